The standard InChI is InChI=1S/C19H23N3O/c20-15-9-10-16-14(12-15)7-4-8-18(16)22-19(23)17(21)11-13-5-2-1-3-6-13/h1-3,5-6,9-10,12,17-18H,4,7-8,11,20-21H2,(H,22,23). The van der Waals surface area contributed by atoms with Crippen LogP contribution in [0.25, 0.3) is 0 Å². The third-order valence-electron chi connectivity index (χ3n) is 4.43. The first-order valence-corrected chi connectivity index (χ1v) is 8.11. The number of hydrogen-bond donors (Lipinski definition) is 3. The van der Waals surface area contributed by atoms with Crippen molar-refractivity contribution in [3.8, 4) is 0 Å². The highest BCUT2D eigenvalue weighted by Crippen LogP contribution is 2.31. The molecule has 1 aliphatic rings. The molecule has 1 amide bonds. The van der Waals surface area contributed by atoms with Crippen LogP contribution in [0, 0.1) is 0 Å². The van der Waals surface area contributed by atoms with Crippen LogP contribution in [0.2, 0.25) is 0 Å². The van der Waals surface area contributed by atoms with E-state index in [1.165, 1.54) is 11.1 Å². The molecule has 3 rings (SSSR count). The van der Waals surface area contributed by atoms with Gasteiger partial charge in [-0.05, 0) is 54.5 Å². The van der Waals surface area contributed by atoms with Gasteiger partial charge < -0.3 is 16.8 Å². The maximum Gasteiger partial charge on any atom is 0.237 e. The number of nitrogens with two attached hydrogens (primary N) is 2. The Morgan fingerprint density at radius 2 is 2.00 bits per heavy atom. The summed E-state index contributed by atoms with van der Waals surface area (Å²) in [4.78, 5) is 12.4. The first kappa shape index (κ1) is 15.6. The molecule has 0 bridgehead atoms. The number of hydrogen-bond acceptors (Lipinski definition) is 3. The van der Waals surface area contributed by atoms with Gasteiger partial charge in [-0.15, -0.1) is 0 Å². The van der Waals surface area contributed by atoms with Gasteiger partial charge in [0.05, 0.1) is 12.1 Å². The first-order chi connectivity index (χ1) is 11.1. The van der Waals surface area contributed by atoms with E-state index in [4.69, 9.17) is 11.5 Å². The number of carbonyl (C=O) groups excluding carboxylic acids is 1. The van der Waals surface area contributed by atoms with Crippen molar-refractivity contribution in [3.63, 3.8) is 0 Å². The van der Waals surface area contributed by atoms with Crippen molar-refractivity contribution in [3.05, 3.63) is 65.2 Å². The van der Waals surface area contributed by atoms with E-state index in [-0.39, 0.29) is 11.9 Å². The summed E-state index contributed by atoms with van der Waals surface area (Å²) in [6, 6.07) is 15.3. The quantitative estimate of drug-likeness (QED) is 0.758. The smallest absolute Gasteiger partial charge is 0.237 e. The zero-order valence-electron chi connectivity index (χ0n) is 13.2. The molecule has 2 aromatic rings. The minimum Gasteiger partial charge on any atom is -0.399 e. The van der Waals surface area contributed by atoms with Crippen molar-refractivity contribution in [2.75, 3.05) is 5.73 Å². The summed E-state index contributed by atoms with van der Waals surface area (Å²) in [6.45, 7) is 0. The summed E-state index contributed by atoms with van der Waals surface area (Å²) in [5, 5.41) is 3.11. The van der Waals surface area contributed by atoms with Gasteiger partial charge in [0.1, 0.15) is 0 Å². The predicted molar refractivity (Wildman–Crippen MR) is 92.8 cm³/mol. The molecular weight excluding hydrogens is 286 g/mol. The van der Waals surface area contributed by atoms with Crippen LogP contribution < -0.4 is 16.8 Å². The van der Waals surface area contributed by atoms with Crippen molar-refractivity contribution < 1.29 is 4.79 Å². The second-order valence-electron chi connectivity index (χ2n) is 6.21. The molecule has 0 heterocycles. The second kappa shape index (κ2) is 6.84. The van der Waals surface area contributed by atoms with Crippen molar-refractivity contribution >= 4 is 11.6 Å². The zero-order valence-corrected chi connectivity index (χ0v) is 13.2. The van der Waals surface area contributed by atoms with Crippen LogP contribution in [0.15, 0.2) is 48.5 Å². The van der Waals surface area contributed by atoms with Gasteiger partial charge in [0.2, 0.25) is 5.91 Å². The summed E-state index contributed by atoms with van der Waals surface area (Å²) in [5.41, 5.74) is 16.2. The molecule has 4 heteroatoms. The number of anilines is 1. The van der Waals surface area contributed by atoms with Crippen molar-refractivity contribution in [2.24, 2.45) is 5.73 Å². The molecule has 2 aromatic carbocycles. The van der Waals surface area contributed by atoms with Crippen molar-refractivity contribution in [1.29, 1.82) is 0 Å². The van der Waals surface area contributed by atoms with Gasteiger partial charge >= 0.3 is 0 Å². The number of nitrogen functional groups attached to an aromatic ring is 1. The number of fused-ring (bicyclic) bond motifs is 1. The highest BCUT2D eigenvalue weighted by molar-refractivity contribution is 5.82. The number of rotatable bonds is 4. The summed E-state index contributed by atoms with van der Waals surface area (Å²) >= 11 is 0. The lowest BCUT2D eigenvalue weighted by Gasteiger charge is -2.27. The van der Waals surface area contributed by atoms with Gasteiger partial charge in [0, 0.05) is 5.69 Å². The molecular formula is C19H23N3O. The lowest BCUT2D eigenvalue weighted by molar-refractivity contribution is -0.123. The summed E-state index contributed by atoms with van der Waals surface area (Å²) in [6.07, 6.45) is 3.56. The monoisotopic (exact) mass is 309 g/mol. The highest BCUT2D eigenvalue weighted by Gasteiger charge is 2.24. The fourth-order valence-corrected chi connectivity index (χ4v) is 3.22. The Morgan fingerprint density at radius 3 is 2.78 bits per heavy atom. The molecule has 1 aliphatic carbocycles. The van der Waals surface area contributed by atoms with Crippen LogP contribution in [0.3, 0.4) is 0 Å². The molecule has 23 heavy (non-hydrogen) atoms. The molecule has 0 fully saturated rings. The summed E-state index contributed by atoms with van der Waals surface area (Å²) in [7, 11) is 0. The Kier molecular flexibility index (Phi) is 4.63. The maximum absolute atomic E-state index is 12.4. The van der Waals surface area contributed by atoms with E-state index in [0.29, 0.717) is 6.42 Å². The van der Waals surface area contributed by atoms with Crippen LogP contribution in [0.5, 0.6) is 0 Å². The molecule has 0 aromatic heterocycles. The maximum atomic E-state index is 12.4. The van der Waals surface area contributed by atoms with E-state index in [2.05, 4.69) is 5.32 Å². The minimum absolute atomic E-state index is 0.0358. The summed E-state index contributed by atoms with van der Waals surface area (Å²) in [5.74, 6) is -0.0940. The Balaban J connectivity index is 1.67. The fraction of sp³-hybridized carbons (Fsp3) is 0.316. The minimum atomic E-state index is -0.531. The predicted octanol–water partition coefficient (Wildman–Crippen LogP) is 2.33. The molecule has 0 saturated heterocycles. The molecule has 2 atom stereocenters. The Labute approximate surface area is 136 Å². The van der Waals surface area contributed by atoms with E-state index in [9.17, 15) is 4.79 Å². The van der Waals surface area contributed by atoms with Crippen molar-refractivity contribution in [2.45, 2.75) is 37.8 Å². The van der Waals surface area contributed by atoms with Gasteiger partial charge in [-0.2, -0.15) is 0 Å². The van der Waals surface area contributed by atoms with Gasteiger partial charge in [-0.25, -0.2) is 0 Å². The number of benzene rings is 2. The summed E-state index contributed by atoms with van der Waals surface area (Å²) < 4.78 is 0. The Bertz CT molecular complexity index is 684. The van der Waals surface area contributed by atoms with Crippen LogP contribution in [0.1, 0.15) is 35.6 Å². The molecule has 0 aliphatic heterocycles. The topological polar surface area (TPSA) is 81.1 Å². The molecule has 4 nitrogen and oxygen atoms in total. The van der Waals surface area contributed by atoms with E-state index in [1.807, 2.05) is 48.5 Å². The Hall–Kier alpha value is -2.33. The molecule has 120 valence electrons. The average molecular weight is 309 g/mol. The van der Waals surface area contributed by atoms with Crippen molar-refractivity contribution in [1.82, 2.24) is 5.32 Å². The number of nitrogens with one attached hydrogen (secondary N) is 1. The van der Waals surface area contributed by atoms with E-state index in [0.717, 1.165) is 30.5 Å². The van der Waals surface area contributed by atoms with E-state index < -0.39 is 6.04 Å². The first-order valence-electron chi connectivity index (χ1n) is 8.11. The number of carbonyl (C=O) groups is 1. The highest BCUT2D eigenvalue weighted by atomic mass is 16.2. The van der Waals surface area contributed by atoms with Crippen LogP contribution >= 0.6 is 0 Å². The number of aryl methyl sites for hydroxylation is 1. The van der Waals surface area contributed by atoms with Crippen LogP contribution in [-0.2, 0) is 17.6 Å². The molecule has 0 radical (unpaired) electrons. The van der Waals surface area contributed by atoms with Crippen LogP contribution in [-0.4, -0.2) is 11.9 Å². The molecule has 0 saturated carbocycles. The normalized spacial score (nSPS) is 18.0. The van der Waals surface area contributed by atoms with Gasteiger partial charge in [0.15, 0.2) is 0 Å². The third kappa shape index (κ3) is 3.71. The fourth-order valence-electron chi connectivity index (χ4n) is 3.22. The van der Waals surface area contributed by atoms with Gasteiger partial charge in [-0.1, -0.05) is 36.4 Å². The lowest BCUT2D eigenvalue weighted by Crippen LogP contribution is -2.44. The Morgan fingerprint density at radius 1 is 1.22 bits per heavy atom. The third-order valence-corrected chi connectivity index (χ3v) is 4.43. The zero-order chi connectivity index (χ0) is 16.2. The second-order valence-corrected chi connectivity index (χ2v) is 6.21. The van der Waals surface area contributed by atoms with E-state index in [1.54, 1.807) is 0 Å². The largest absolute Gasteiger partial charge is 0.399 e. The van der Waals surface area contributed by atoms with Gasteiger partial charge in [0.25, 0.3) is 0 Å². The molecule has 5 N–H and O–H groups in total. The SMILES string of the molecule is Nc1ccc2c(c1)CCCC2NC(=O)C(N)Cc1ccccc1. The van der Waals surface area contributed by atoms with E-state index >= 15 is 0 Å². The lowest BCUT2D eigenvalue weighted by atomic mass is 9.87. The molecule has 2 unspecified atom stereocenters. The average Bonchev–Trinajstić information content (AvgIpc) is 2.55. The van der Waals surface area contributed by atoms with Crippen LogP contribution in [0.4, 0.5) is 5.69 Å². The molecule has 0 spiro atoms. The number of amides is 1. The van der Waals surface area contributed by atoms with Gasteiger partial charge in [-0.3, -0.25) is 4.79 Å².